The molecule has 0 aliphatic carbocycles. The van der Waals surface area contributed by atoms with E-state index in [4.69, 9.17) is 10.8 Å². The summed E-state index contributed by atoms with van der Waals surface area (Å²) in [6, 6.07) is -0.931. The van der Waals surface area contributed by atoms with Crippen LogP contribution in [0.4, 0.5) is 0 Å². The summed E-state index contributed by atoms with van der Waals surface area (Å²) in [4.78, 5) is 35.2. The fourth-order valence-corrected chi connectivity index (χ4v) is 1.39. The van der Waals surface area contributed by atoms with Gasteiger partial charge in [-0.05, 0) is 19.8 Å². The summed E-state index contributed by atoms with van der Waals surface area (Å²) in [5.41, 5.74) is 5.63. The molecule has 110 valence electrons. The molecule has 0 spiro atoms. The van der Waals surface area contributed by atoms with E-state index in [0.717, 1.165) is 0 Å². The lowest BCUT2D eigenvalue weighted by Crippen LogP contribution is -2.50. The Morgan fingerprint density at radius 2 is 1.74 bits per heavy atom. The highest BCUT2D eigenvalue weighted by Crippen LogP contribution is 2.00. The van der Waals surface area contributed by atoms with Gasteiger partial charge in [-0.1, -0.05) is 13.8 Å². The van der Waals surface area contributed by atoms with Gasteiger partial charge >= 0.3 is 5.97 Å². The molecule has 0 aromatic heterocycles. The van der Waals surface area contributed by atoms with Gasteiger partial charge in [0.15, 0.2) is 0 Å². The number of nitrogens with zero attached hydrogens (tertiary/aromatic N) is 1. The summed E-state index contributed by atoms with van der Waals surface area (Å²) in [6.45, 7) is 6.40. The summed E-state index contributed by atoms with van der Waals surface area (Å²) in [7, 11) is 0. The zero-order chi connectivity index (χ0) is 15.2. The lowest BCUT2D eigenvalue weighted by atomic mass is 10.1. The van der Waals surface area contributed by atoms with E-state index < -0.39 is 23.8 Å². The zero-order valence-corrected chi connectivity index (χ0v) is 11.8. The maximum absolute atomic E-state index is 11.8. The Hall–Kier alpha value is -1.63. The molecule has 7 nitrogen and oxygen atoms in total. The van der Waals surface area contributed by atoms with Gasteiger partial charge in [0.05, 0.1) is 12.6 Å². The third-order valence-electron chi connectivity index (χ3n) is 2.68. The second-order valence-corrected chi connectivity index (χ2v) is 5.00. The van der Waals surface area contributed by atoms with Gasteiger partial charge in [0, 0.05) is 6.04 Å². The van der Waals surface area contributed by atoms with E-state index in [-0.39, 0.29) is 25.0 Å². The molecule has 0 aliphatic heterocycles. The van der Waals surface area contributed by atoms with E-state index in [0.29, 0.717) is 0 Å². The number of carboxylic acids is 1. The Labute approximate surface area is 113 Å². The Bertz CT molecular complexity index is 342. The van der Waals surface area contributed by atoms with Gasteiger partial charge in [-0.2, -0.15) is 0 Å². The molecule has 0 unspecified atom stereocenters. The quantitative estimate of drug-likeness (QED) is 0.573. The molecule has 0 rings (SSSR count). The van der Waals surface area contributed by atoms with Gasteiger partial charge in [-0.15, -0.1) is 0 Å². The molecule has 2 amide bonds. The molecule has 0 aromatic rings. The monoisotopic (exact) mass is 273 g/mol. The lowest BCUT2D eigenvalue weighted by Gasteiger charge is -2.25. The van der Waals surface area contributed by atoms with Crippen molar-refractivity contribution in [2.45, 2.75) is 39.8 Å². The fourth-order valence-electron chi connectivity index (χ4n) is 1.39. The van der Waals surface area contributed by atoms with Gasteiger partial charge in [-0.3, -0.25) is 14.4 Å². The third kappa shape index (κ3) is 6.19. The third-order valence-corrected chi connectivity index (χ3v) is 2.68. The van der Waals surface area contributed by atoms with E-state index in [2.05, 4.69) is 5.32 Å². The summed E-state index contributed by atoms with van der Waals surface area (Å²) in [5, 5.41) is 11.1. The topological polar surface area (TPSA) is 113 Å². The van der Waals surface area contributed by atoms with Crippen molar-refractivity contribution in [1.29, 1.82) is 0 Å². The van der Waals surface area contributed by atoms with Crippen LogP contribution in [0.5, 0.6) is 0 Å². The van der Waals surface area contributed by atoms with Crippen LogP contribution in [0, 0.1) is 5.92 Å². The van der Waals surface area contributed by atoms with Crippen LogP contribution in [0.1, 0.15) is 27.7 Å². The molecule has 19 heavy (non-hydrogen) atoms. The van der Waals surface area contributed by atoms with E-state index in [9.17, 15) is 14.4 Å². The van der Waals surface area contributed by atoms with Crippen LogP contribution >= 0.6 is 0 Å². The van der Waals surface area contributed by atoms with Gasteiger partial charge in [0.2, 0.25) is 11.8 Å². The second-order valence-electron chi connectivity index (χ2n) is 5.00. The number of carbonyl (C=O) groups is 3. The molecule has 0 aliphatic rings. The van der Waals surface area contributed by atoms with Crippen molar-refractivity contribution in [3.63, 3.8) is 0 Å². The number of hydrogen-bond donors (Lipinski definition) is 3. The average Bonchev–Trinajstić information content (AvgIpc) is 2.30. The summed E-state index contributed by atoms with van der Waals surface area (Å²) < 4.78 is 0. The zero-order valence-electron chi connectivity index (χ0n) is 11.8. The van der Waals surface area contributed by atoms with Crippen molar-refractivity contribution >= 4 is 17.8 Å². The minimum Gasteiger partial charge on any atom is -0.480 e. The Morgan fingerprint density at radius 1 is 1.21 bits per heavy atom. The minimum absolute atomic E-state index is 0.0321. The lowest BCUT2D eigenvalue weighted by molar-refractivity contribution is -0.145. The first kappa shape index (κ1) is 17.4. The van der Waals surface area contributed by atoms with Crippen molar-refractivity contribution in [2.24, 2.45) is 11.7 Å². The SMILES string of the molecule is CC(C)[C@H](N)C(=O)NCC(=O)N(CC(=O)O)C(C)C. The summed E-state index contributed by atoms with van der Waals surface area (Å²) >= 11 is 0. The van der Waals surface area contributed by atoms with E-state index in [1.807, 2.05) is 0 Å². The number of rotatable bonds is 7. The molecule has 0 aromatic carbocycles. The van der Waals surface area contributed by atoms with Crippen LogP contribution in [0.15, 0.2) is 0 Å². The number of carboxylic acid groups (broad SMARTS) is 1. The van der Waals surface area contributed by atoms with Gasteiger partial charge in [0.25, 0.3) is 0 Å². The molecule has 0 saturated carbocycles. The predicted octanol–water partition coefficient (Wildman–Crippen LogP) is -0.592. The van der Waals surface area contributed by atoms with E-state index in [1.54, 1.807) is 27.7 Å². The second kappa shape index (κ2) is 7.73. The molecule has 0 fully saturated rings. The van der Waals surface area contributed by atoms with Crippen LogP contribution in [0.25, 0.3) is 0 Å². The molecule has 0 saturated heterocycles. The Morgan fingerprint density at radius 3 is 2.11 bits per heavy atom. The van der Waals surface area contributed by atoms with Crippen LogP contribution in [0.3, 0.4) is 0 Å². The highest BCUT2D eigenvalue weighted by atomic mass is 16.4. The number of aliphatic carboxylic acids is 1. The predicted molar refractivity (Wildman–Crippen MR) is 70.3 cm³/mol. The standard InChI is InChI=1S/C12H23N3O4/c1-7(2)11(13)12(19)14-5-9(16)15(8(3)4)6-10(17)18/h7-8,11H,5-6,13H2,1-4H3,(H,14,19)(H,17,18)/t11-/m0/s1. The number of amides is 2. The fraction of sp³-hybridized carbons (Fsp3) is 0.750. The van der Waals surface area contributed by atoms with Gasteiger partial charge in [0.1, 0.15) is 6.54 Å². The van der Waals surface area contributed by atoms with Crippen LogP contribution < -0.4 is 11.1 Å². The smallest absolute Gasteiger partial charge is 0.323 e. The van der Waals surface area contributed by atoms with Crippen molar-refractivity contribution in [1.82, 2.24) is 10.2 Å². The molecule has 0 radical (unpaired) electrons. The minimum atomic E-state index is -1.09. The van der Waals surface area contributed by atoms with Crippen molar-refractivity contribution in [3.8, 4) is 0 Å². The normalized spacial score (nSPS) is 12.4. The average molecular weight is 273 g/mol. The van der Waals surface area contributed by atoms with Crippen molar-refractivity contribution in [3.05, 3.63) is 0 Å². The molecule has 7 heteroatoms. The van der Waals surface area contributed by atoms with E-state index in [1.165, 1.54) is 4.90 Å². The maximum atomic E-state index is 11.8. The maximum Gasteiger partial charge on any atom is 0.323 e. The van der Waals surface area contributed by atoms with Crippen LogP contribution in [0.2, 0.25) is 0 Å². The Balaban J connectivity index is 4.42. The number of carbonyl (C=O) groups excluding carboxylic acids is 2. The first-order valence-corrected chi connectivity index (χ1v) is 6.21. The van der Waals surface area contributed by atoms with Crippen LogP contribution in [-0.2, 0) is 14.4 Å². The van der Waals surface area contributed by atoms with E-state index >= 15 is 0 Å². The molecular formula is C12H23N3O4. The molecule has 4 N–H and O–H groups in total. The largest absolute Gasteiger partial charge is 0.480 e. The number of hydrogen-bond acceptors (Lipinski definition) is 4. The van der Waals surface area contributed by atoms with Gasteiger partial charge < -0.3 is 21.1 Å². The summed E-state index contributed by atoms with van der Waals surface area (Å²) in [5.74, 6) is -1.98. The number of nitrogens with two attached hydrogens (primary N) is 1. The van der Waals surface area contributed by atoms with Crippen LogP contribution in [-0.4, -0.2) is 53.0 Å². The molecule has 1 atom stereocenters. The highest BCUT2D eigenvalue weighted by Gasteiger charge is 2.22. The molecular weight excluding hydrogens is 250 g/mol. The first-order valence-electron chi connectivity index (χ1n) is 6.21. The first-order chi connectivity index (χ1) is 8.66. The summed E-state index contributed by atoms with van der Waals surface area (Å²) in [6.07, 6.45) is 0. The highest BCUT2D eigenvalue weighted by molar-refractivity contribution is 5.88. The molecule has 0 heterocycles. The van der Waals surface area contributed by atoms with Crippen molar-refractivity contribution < 1.29 is 19.5 Å². The number of nitrogens with one attached hydrogen (secondary N) is 1. The Kier molecular flexibility index (Phi) is 7.06. The molecule has 0 bridgehead atoms. The van der Waals surface area contributed by atoms with Gasteiger partial charge in [-0.25, -0.2) is 0 Å². The van der Waals surface area contributed by atoms with Crippen molar-refractivity contribution in [2.75, 3.05) is 13.1 Å².